The first-order valence-corrected chi connectivity index (χ1v) is 4.33. The van der Waals surface area contributed by atoms with Gasteiger partial charge in [0, 0.05) is 0 Å². The predicted molar refractivity (Wildman–Crippen MR) is 31.8 cm³/mol. The monoisotopic (exact) mass is 210 g/mol. The van der Waals surface area contributed by atoms with Gasteiger partial charge in [-0.25, -0.2) is 0 Å². The second kappa shape index (κ2) is 4.04. The van der Waals surface area contributed by atoms with Crippen LogP contribution in [0.3, 0.4) is 0 Å². The highest BCUT2D eigenvalue weighted by Gasteiger charge is 2.27. The van der Waals surface area contributed by atoms with Crippen molar-refractivity contribution in [2.24, 2.45) is 0 Å². The lowest BCUT2D eigenvalue weighted by molar-refractivity contribution is -0.172. The van der Waals surface area contributed by atoms with Crippen LogP contribution in [-0.4, -0.2) is 33.6 Å². The lowest BCUT2D eigenvalue weighted by Gasteiger charge is -2.05. The SMILES string of the molecule is O=S(=O)(F)CCOCC(F)(F)F. The average molecular weight is 210 g/mol. The Labute approximate surface area is 66.5 Å². The average Bonchev–Trinajstić information content (AvgIpc) is 1.76. The van der Waals surface area contributed by atoms with Gasteiger partial charge in [0.2, 0.25) is 0 Å². The number of ether oxygens (including phenoxy) is 1. The standard InChI is InChI=1S/C4H6F4O3S/c5-4(6,7)3-11-1-2-12(8,9)10/h1-3H2. The minimum Gasteiger partial charge on any atom is -0.371 e. The Bertz CT molecular complexity index is 219. The molecule has 8 heteroatoms. The fourth-order valence-corrected chi connectivity index (χ4v) is 0.663. The third-order valence-corrected chi connectivity index (χ3v) is 1.39. The van der Waals surface area contributed by atoms with Crippen molar-refractivity contribution >= 4 is 10.2 Å². The van der Waals surface area contributed by atoms with E-state index in [4.69, 9.17) is 0 Å². The molecule has 0 aromatic carbocycles. The molecule has 0 radical (unpaired) electrons. The Balaban J connectivity index is 3.48. The molecule has 0 atom stereocenters. The van der Waals surface area contributed by atoms with E-state index in [1.54, 1.807) is 0 Å². The van der Waals surface area contributed by atoms with Gasteiger partial charge in [0.25, 0.3) is 0 Å². The second-order valence-electron chi connectivity index (χ2n) is 1.91. The molecular formula is C4H6F4O3S. The van der Waals surface area contributed by atoms with E-state index in [1.165, 1.54) is 0 Å². The number of alkyl halides is 3. The van der Waals surface area contributed by atoms with Crippen LogP contribution in [0.15, 0.2) is 0 Å². The Hall–Kier alpha value is -0.370. The third kappa shape index (κ3) is 9.63. The molecule has 0 rings (SSSR count). The first kappa shape index (κ1) is 11.6. The highest BCUT2D eigenvalue weighted by Crippen LogP contribution is 2.14. The van der Waals surface area contributed by atoms with Gasteiger partial charge >= 0.3 is 16.4 Å². The number of halogens is 4. The van der Waals surface area contributed by atoms with Crippen LogP contribution in [0.5, 0.6) is 0 Å². The molecule has 0 bridgehead atoms. The molecule has 0 aliphatic heterocycles. The van der Waals surface area contributed by atoms with Gasteiger partial charge in [-0.15, -0.1) is 3.89 Å². The minimum absolute atomic E-state index is 0.793. The van der Waals surface area contributed by atoms with Crippen molar-refractivity contribution in [3.63, 3.8) is 0 Å². The molecule has 0 aromatic rings. The van der Waals surface area contributed by atoms with E-state index in [0.717, 1.165) is 0 Å². The lowest BCUT2D eigenvalue weighted by atomic mass is 10.7. The van der Waals surface area contributed by atoms with Crippen molar-refractivity contribution < 1.29 is 30.2 Å². The van der Waals surface area contributed by atoms with E-state index < -0.39 is 35.4 Å². The highest BCUT2D eigenvalue weighted by atomic mass is 32.3. The van der Waals surface area contributed by atoms with Crippen molar-refractivity contribution in [3.05, 3.63) is 0 Å². The van der Waals surface area contributed by atoms with E-state index >= 15 is 0 Å². The number of rotatable bonds is 4. The van der Waals surface area contributed by atoms with Gasteiger partial charge in [-0.2, -0.15) is 21.6 Å². The maximum atomic E-state index is 11.6. The minimum atomic E-state index is -4.73. The van der Waals surface area contributed by atoms with E-state index in [-0.39, 0.29) is 0 Å². The molecule has 74 valence electrons. The second-order valence-corrected chi connectivity index (χ2v) is 3.40. The Morgan fingerprint density at radius 2 is 1.75 bits per heavy atom. The maximum absolute atomic E-state index is 11.6. The molecule has 0 heterocycles. The van der Waals surface area contributed by atoms with E-state index in [2.05, 4.69) is 4.74 Å². The van der Waals surface area contributed by atoms with Gasteiger partial charge in [0.15, 0.2) is 0 Å². The lowest BCUT2D eigenvalue weighted by Crippen LogP contribution is -2.19. The van der Waals surface area contributed by atoms with Gasteiger partial charge in [0.05, 0.1) is 6.61 Å². The van der Waals surface area contributed by atoms with Crippen molar-refractivity contribution in [2.75, 3.05) is 19.0 Å². The molecule has 0 aliphatic carbocycles. The Kier molecular flexibility index (Phi) is 3.91. The van der Waals surface area contributed by atoms with Crippen LogP contribution < -0.4 is 0 Å². The molecule has 0 unspecified atom stereocenters. The Morgan fingerprint density at radius 1 is 1.25 bits per heavy atom. The summed E-state index contributed by atoms with van der Waals surface area (Å²) in [6.45, 7) is -2.36. The van der Waals surface area contributed by atoms with Crippen LogP contribution in [0.1, 0.15) is 0 Å². The molecule has 0 N–H and O–H groups in total. The van der Waals surface area contributed by atoms with Gasteiger partial charge in [-0.3, -0.25) is 0 Å². The van der Waals surface area contributed by atoms with Crippen LogP contribution in [-0.2, 0) is 15.0 Å². The fourth-order valence-electron chi connectivity index (χ4n) is 0.346. The summed E-state index contributed by atoms with van der Waals surface area (Å²) in [6.07, 6.45) is -4.51. The van der Waals surface area contributed by atoms with Crippen molar-refractivity contribution in [2.45, 2.75) is 6.18 Å². The van der Waals surface area contributed by atoms with Crippen molar-refractivity contribution in [1.82, 2.24) is 0 Å². The maximum Gasteiger partial charge on any atom is 0.411 e. The van der Waals surface area contributed by atoms with Gasteiger partial charge in [-0.05, 0) is 0 Å². The summed E-state index contributed by atoms with van der Waals surface area (Å²) in [5, 5.41) is 0. The zero-order chi connectivity index (χ0) is 9.83. The Morgan fingerprint density at radius 3 is 2.08 bits per heavy atom. The summed E-state index contributed by atoms with van der Waals surface area (Å²) in [4.78, 5) is 0. The third-order valence-electron chi connectivity index (χ3n) is 0.737. The summed E-state index contributed by atoms with van der Waals surface area (Å²) in [6, 6.07) is 0. The van der Waals surface area contributed by atoms with Crippen LogP contribution in [0, 0.1) is 0 Å². The molecule has 0 amide bonds. The number of hydrogen-bond donors (Lipinski definition) is 0. The summed E-state index contributed by atoms with van der Waals surface area (Å²) in [5.41, 5.74) is 0. The largest absolute Gasteiger partial charge is 0.411 e. The molecule has 3 nitrogen and oxygen atoms in total. The topological polar surface area (TPSA) is 43.4 Å². The van der Waals surface area contributed by atoms with Crippen molar-refractivity contribution in [1.29, 1.82) is 0 Å². The molecule has 0 fully saturated rings. The van der Waals surface area contributed by atoms with E-state index in [0.29, 0.717) is 0 Å². The smallest absolute Gasteiger partial charge is 0.371 e. The van der Waals surface area contributed by atoms with E-state index in [1.807, 2.05) is 0 Å². The molecule has 0 spiro atoms. The molecule has 0 aromatic heterocycles. The molecule has 12 heavy (non-hydrogen) atoms. The first-order chi connectivity index (χ1) is 5.21. The molecular weight excluding hydrogens is 204 g/mol. The van der Waals surface area contributed by atoms with E-state index in [9.17, 15) is 25.5 Å². The summed E-state index contributed by atoms with van der Waals surface area (Å²) >= 11 is 0. The number of hydrogen-bond acceptors (Lipinski definition) is 3. The van der Waals surface area contributed by atoms with Crippen LogP contribution in [0.25, 0.3) is 0 Å². The molecule has 0 saturated heterocycles. The first-order valence-electron chi connectivity index (χ1n) is 2.77. The fraction of sp³-hybridized carbons (Fsp3) is 1.00. The van der Waals surface area contributed by atoms with Crippen LogP contribution in [0.2, 0.25) is 0 Å². The predicted octanol–water partition coefficient (Wildman–Crippen LogP) is 0.865. The molecule has 0 aliphatic rings. The van der Waals surface area contributed by atoms with Crippen LogP contribution in [0.4, 0.5) is 17.1 Å². The van der Waals surface area contributed by atoms with Crippen LogP contribution >= 0.6 is 0 Å². The van der Waals surface area contributed by atoms with Gasteiger partial charge in [-0.1, -0.05) is 0 Å². The van der Waals surface area contributed by atoms with Crippen molar-refractivity contribution in [3.8, 4) is 0 Å². The normalized spacial score (nSPS) is 13.3. The summed E-state index contributed by atoms with van der Waals surface area (Å²) in [7, 11) is -4.73. The van der Waals surface area contributed by atoms with Gasteiger partial charge in [0.1, 0.15) is 12.4 Å². The highest BCUT2D eigenvalue weighted by molar-refractivity contribution is 7.86. The quantitative estimate of drug-likeness (QED) is 0.392. The van der Waals surface area contributed by atoms with Gasteiger partial charge < -0.3 is 4.74 Å². The molecule has 0 saturated carbocycles. The zero-order valence-corrected chi connectivity index (χ0v) is 6.58. The zero-order valence-electron chi connectivity index (χ0n) is 5.77. The summed E-state index contributed by atoms with van der Waals surface area (Å²) in [5.74, 6) is -1.05. The summed E-state index contributed by atoms with van der Waals surface area (Å²) < 4.78 is 68.8.